The highest BCUT2D eigenvalue weighted by molar-refractivity contribution is 5.27. The monoisotopic (exact) mass is 316 g/mol. The van der Waals surface area contributed by atoms with E-state index in [4.69, 9.17) is 23.2 Å². The number of pyridine rings is 1. The Hall–Kier alpha value is -1.51. The zero-order chi connectivity index (χ0) is 16.4. The van der Waals surface area contributed by atoms with E-state index in [0.29, 0.717) is 0 Å². The minimum absolute atomic E-state index is 0.826. The third-order valence-electron chi connectivity index (χ3n) is 2.91. The van der Waals surface area contributed by atoms with Crippen LogP contribution in [-0.2, 0) is 0 Å². The Kier molecular flexibility index (Phi) is 5.43. The summed E-state index contributed by atoms with van der Waals surface area (Å²) in [5.41, 5.74) is 5.63. The van der Waals surface area contributed by atoms with E-state index in [1.165, 1.54) is 5.56 Å². The Morgan fingerprint density at radius 3 is 1.71 bits per heavy atom. The molecule has 0 amide bonds. The van der Waals surface area contributed by atoms with Crippen LogP contribution in [0.15, 0.2) is 16.7 Å². The van der Waals surface area contributed by atoms with Gasteiger partial charge in [0.05, 0.1) is 11.3 Å². The van der Waals surface area contributed by atoms with Crippen LogP contribution in [0.2, 0.25) is 0 Å². The van der Waals surface area contributed by atoms with Crippen LogP contribution in [0.4, 0.5) is 0 Å². The van der Waals surface area contributed by atoms with E-state index < -0.39 is 10.2 Å². The smallest absolute Gasteiger partial charge is 0.292 e. The summed E-state index contributed by atoms with van der Waals surface area (Å²) in [7, 11) is -4.94. The van der Waals surface area contributed by atoms with Gasteiger partial charge < -0.3 is 0 Å². The topological polar surface area (TPSA) is 122 Å². The second kappa shape index (κ2) is 6.50. The van der Waals surface area contributed by atoms with Gasteiger partial charge in [0.1, 0.15) is 0 Å². The predicted octanol–water partition coefficient (Wildman–Crippen LogP) is -2.26. The van der Waals surface area contributed by atoms with Crippen LogP contribution >= 0.6 is 0 Å². The van der Waals surface area contributed by atoms with E-state index >= 15 is 0 Å². The predicted molar refractivity (Wildman–Crippen MR) is 61.7 cm³/mol. The largest absolute Gasteiger partial charge is 0.405 e. The number of hydrogen-bond acceptors (Lipinski definition) is 6. The lowest BCUT2D eigenvalue weighted by atomic mass is 10.2. The molecule has 2 heterocycles. The molecule has 0 aromatic carbocycles. The maximum Gasteiger partial charge on any atom is 0.405 e. The average Bonchev–Trinajstić information content (AvgIpc) is 2.57. The maximum absolute atomic E-state index is 8.49. The van der Waals surface area contributed by atoms with Crippen molar-refractivity contribution in [1.29, 1.82) is 0 Å². The van der Waals surface area contributed by atoms with Crippen LogP contribution in [0.1, 0.15) is 28.2 Å². The van der Waals surface area contributed by atoms with E-state index in [1.54, 1.807) is 0 Å². The fourth-order valence-corrected chi connectivity index (χ4v) is 2.04. The molecule has 0 aliphatic rings. The zero-order valence-corrected chi connectivity index (χ0v) is 13.2. The minimum atomic E-state index is -4.94. The van der Waals surface area contributed by atoms with Crippen molar-refractivity contribution in [3.63, 3.8) is 0 Å². The summed E-state index contributed by atoms with van der Waals surface area (Å²) in [5.74, 6) is 0.826. The SMILES string of the molecule is Cc1cc(C)[n+](-c2onc(C)c2C)c(C)c1.[O-][Cl+3]([O-])([O-])[O-]. The fourth-order valence-electron chi connectivity index (χ4n) is 2.04. The van der Waals surface area contributed by atoms with Crippen molar-refractivity contribution in [3.8, 4) is 5.88 Å². The molecule has 0 saturated heterocycles. The molecule has 0 atom stereocenters. The number of aromatic nitrogens is 2. The molecular weight excluding hydrogens is 300 g/mol. The summed E-state index contributed by atoms with van der Waals surface area (Å²) in [6.07, 6.45) is 0. The normalized spacial score (nSPS) is 11.1. The first kappa shape index (κ1) is 17.5. The van der Waals surface area contributed by atoms with Crippen molar-refractivity contribution < 1.29 is 38.0 Å². The van der Waals surface area contributed by atoms with E-state index in [1.807, 2.05) is 13.8 Å². The summed E-state index contributed by atoms with van der Waals surface area (Å²) in [6, 6.07) is 4.29. The van der Waals surface area contributed by atoms with Gasteiger partial charge in [0.2, 0.25) is 0 Å². The molecule has 7 nitrogen and oxygen atoms in total. The molecule has 2 aromatic rings. The van der Waals surface area contributed by atoms with Gasteiger partial charge in [0.25, 0.3) is 0 Å². The Balaban J connectivity index is 0.000000383. The Morgan fingerprint density at radius 1 is 0.952 bits per heavy atom. The molecule has 116 valence electrons. The number of halogens is 1. The van der Waals surface area contributed by atoms with Crippen molar-refractivity contribution in [2.75, 3.05) is 0 Å². The van der Waals surface area contributed by atoms with Crippen molar-refractivity contribution in [3.05, 3.63) is 40.3 Å². The van der Waals surface area contributed by atoms with Gasteiger partial charge in [-0.05, 0) is 26.3 Å². The first-order chi connectivity index (χ1) is 9.50. The highest BCUT2D eigenvalue weighted by Gasteiger charge is 2.23. The average molecular weight is 317 g/mol. The summed E-state index contributed by atoms with van der Waals surface area (Å²) in [4.78, 5) is 0. The van der Waals surface area contributed by atoms with Gasteiger partial charge in [-0.3, -0.25) is 4.52 Å². The molecule has 0 aliphatic heterocycles. The maximum atomic E-state index is 8.49. The highest BCUT2D eigenvalue weighted by Crippen LogP contribution is 2.14. The number of aryl methyl sites for hydroxylation is 4. The molecule has 0 saturated carbocycles. The molecule has 0 unspecified atom stereocenters. The summed E-state index contributed by atoms with van der Waals surface area (Å²) < 4.78 is 41.5. The van der Waals surface area contributed by atoms with Crippen molar-refractivity contribution in [1.82, 2.24) is 5.16 Å². The van der Waals surface area contributed by atoms with Gasteiger partial charge in [-0.1, -0.05) is 5.16 Å². The standard InChI is InChI=1S/C13H17N2O.ClHO4/c1-8-6-9(2)15(10(3)7-8)13-11(4)12(5)14-16-13;2-1(3,4)5/h6-7H,1-5H3;(H,2,3,4,5)/q+1;/p-1. The summed E-state index contributed by atoms with van der Waals surface area (Å²) in [5, 5.41) is 4.00. The molecule has 0 N–H and O–H groups in total. The van der Waals surface area contributed by atoms with Gasteiger partial charge in [0, 0.05) is 26.0 Å². The van der Waals surface area contributed by atoms with Crippen molar-refractivity contribution >= 4 is 0 Å². The van der Waals surface area contributed by atoms with Gasteiger partial charge in [-0.25, -0.2) is 18.6 Å². The van der Waals surface area contributed by atoms with Crippen LogP contribution in [-0.4, -0.2) is 5.16 Å². The quantitative estimate of drug-likeness (QED) is 0.547. The van der Waals surface area contributed by atoms with Crippen LogP contribution < -0.4 is 23.2 Å². The van der Waals surface area contributed by atoms with Crippen molar-refractivity contribution in [2.45, 2.75) is 34.6 Å². The van der Waals surface area contributed by atoms with E-state index in [2.05, 4.69) is 42.6 Å². The second-order valence-corrected chi connectivity index (χ2v) is 5.48. The zero-order valence-electron chi connectivity index (χ0n) is 12.5. The van der Waals surface area contributed by atoms with Crippen LogP contribution in [0.3, 0.4) is 0 Å². The van der Waals surface area contributed by atoms with Gasteiger partial charge in [0.15, 0.2) is 11.4 Å². The van der Waals surface area contributed by atoms with Crippen LogP contribution in [0.25, 0.3) is 5.88 Å². The van der Waals surface area contributed by atoms with E-state index in [-0.39, 0.29) is 0 Å². The Bertz CT molecular complexity index is 605. The third-order valence-corrected chi connectivity index (χ3v) is 2.91. The highest BCUT2D eigenvalue weighted by atomic mass is 35.7. The Morgan fingerprint density at radius 2 is 1.38 bits per heavy atom. The lowest BCUT2D eigenvalue weighted by molar-refractivity contribution is -2.00. The van der Waals surface area contributed by atoms with Crippen LogP contribution in [0, 0.1) is 44.9 Å². The third kappa shape index (κ3) is 5.07. The second-order valence-electron chi connectivity index (χ2n) is 4.73. The molecular formula is C13H17ClN2O5. The molecule has 2 rings (SSSR count). The Labute approximate surface area is 124 Å². The molecule has 2 aromatic heterocycles. The van der Waals surface area contributed by atoms with Gasteiger partial charge in [-0.15, -0.1) is 14.8 Å². The van der Waals surface area contributed by atoms with Gasteiger partial charge >= 0.3 is 5.88 Å². The number of nitrogens with zero attached hydrogens (tertiary/aromatic N) is 2. The molecule has 0 spiro atoms. The molecule has 0 fully saturated rings. The molecule has 0 bridgehead atoms. The summed E-state index contributed by atoms with van der Waals surface area (Å²) >= 11 is 0. The van der Waals surface area contributed by atoms with Gasteiger partial charge in [-0.2, -0.15) is 0 Å². The van der Waals surface area contributed by atoms with Crippen LogP contribution in [0.5, 0.6) is 0 Å². The number of rotatable bonds is 1. The first-order valence-electron chi connectivity index (χ1n) is 6.05. The summed E-state index contributed by atoms with van der Waals surface area (Å²) in [6.45, 7) is 10.3. The minimum Gasteiger partial charge on any atom is -0.292 e. The lowest BCUT2D eigenvalue weighted by Crippen LogP contribution is -2.68. The molecule has 8 heteroatoms. The lowest BCUT2D eigenvalue weighted by Gasteiger charge is -2.17. The molecule has 0 radical (unpaired) electrons. The van der Waals surface area contributed by atoms with Crippen molar-refractivity contribution in [2.24, 2.45) is 0 Å². The van der Waals surface area contributed by atoms with E-state index in [9.17, 15) is 0 Å². The first-order valence-corrected chi connectivity index (χ1v) is 7.29. The van der Waals surface area contributed by atoms with E-state index in [0.717, 1.165) is 28.5 Å². The number of hydrogen-bond donors (Lipinski definition) is 0. The molecule has 0 aliphatic carbocycles. The molecule has 21 heavy (non-hydrogen) atoms. The fraction of sp³-hybridized carbons (Fsp3) is 0.385.